The van der Waals surface area contributed by atoms with E-state index in [1.807, 2.05) is 60.3 Å². The molecule has 0 N–H and O–H groups in total. The van der Waals surface area contributed by atoms with Crippen molar-refractivity contribution in [2.24, 2.45) is 12.0 Å². The highest BCUT2D eigenvalue weighted by Gasteiger charge is 2.11. The fourth-order valence-corrected chi connectivity index (χ4v) is 2.31. The van der Waals surface area contributed by atoms with Gasteiger partial charge in [-0.1, -0.05) is 0 Å². The molecule has 0 fully saturated rings. The summed E-state index contributed by atoms with van der Waals surface area (Å²) in [4.78, 5) is 9.07. The van der Waals surface area contributed by atoms with Crippen LogP contribution in [-0.2, 0) is 7.05 Å². The van der Waals surface area contributed by atoms with Gasteiger partial charge in [0.05, 0.1) is 20.2 Å². The smallest absolute Gasteiger partial charge is 0.298 e. The number of benzene rings is 1. The fourth-order valence-electron chi connectivity index (χ4n) is 2.31. The van der Waals surface area contributed by atoms with Gasteiger partial charge in [0, 0.05) is 12.6 Å². The molecule has 0 aliphatic rings. The first-order chi connectivity index (χ1) is 10.1. The van der Waals surface area contributed by atoms with E-state index in [9.17, 15) is 0 Å². The van der Waals surface area contributed by atoms with Crippen LogP contribution in [0.3, 0.4) is 0 Å². The zero-order valence-electron chi connectivity index (χ0n) is 12.5. The number of hydrogen-bond donors (Lipinski definition) is 0. The molecular formula is C15H17N5O. The second-order valence-electron chi connectivity index (χ2n) is 4.87. The van der Waals surface area contributed by atoms with Gasteiger partial charge in [0.15, 0.2) is 5.82 Å². The SMILES string of the molecule is COc1ccc(N=c2[n-][n+](C)c3cc(C)nc(C)n23)cc1. The Morgan fingerprint density at radius 3 is 2.62 bits per heavy atom. The molecule has 0 aliphatic heterocycles. The molecule has 0 atom stereocenters. The highest BCUT2D eigenvalue weighted by atomic mass is 16.5. The largest absolute Gasteiger partial charge is 0.497 e. The Morgan fingerprint density at radius 2 is 1.95 bits per heavy atom. The molecule has 3 aromatic rings. The molecule has 1 aromatic carbocycles. The minimum absolute atomic E-state index is 0.614. The maximum absolute atomic E-state index is 5.15. The molecular weight excluding hydrogens is 266 g/mol. The minimum Gasteiger partial charge on any atom is -0.497 e. The first-order valence-electron chi connectivity index (χ1n) is 6.67. The number of methoxy groups -OCH3 is 1. The second-order valence-corrected chi connectivity index (χ2v) is 4.87. The lowest BCUT2D eigenvalue weighted by Crippen LogP contribution is -2.35. The predicted molar refractivity (Wildman–Crippen MR) is 77.4 cm³/mol. The normalized spacial score (nSPS) is 12.1. The van der Waals surface area contributed by atoms with E-state index in [2.05, 4.69) is 15.1 Å². The molecule has 0 saturated carbocycles. The van der Waals surface area contributed by atoms with Crippen LogP contribution in [-0.4, -0.2) is 16.5 Å². The number of aryl methyl sites for hydroxylation is 3. The van der Waals surface area contributed by atoms with Crippen LogP contribution in [0.2, 0.25) is 0 Å². The van der Waals surface area contributed by atoms with Crippen LogP contribution >= 0.6 is 0 Å². The monoisotopic (exact) mass is 283 g/mol. The van der Waals surface area contributed by atoms with Gasteiger partial charge in [-0.15, -0.1) is 0 Å². The van der Waals surface area contributed by atoms with E-state index in [1.54, 1.807) is 7.11 Å². The zero-order chi connectivity index (χ0) is 15.0. The molecule has 3 rings (SSSR count). The average Bonchev–Trinajstić information content (AvgIpc) is 2.76. The molecule has 6 nitrogen and oxygen atoms in total. The number of rotatable bonds is 2. The summed E-state index contributed by atoms with van der Waals surface area (Å²) < 4.78 is 8.90. The Morgan fingerprint density at radius 1 is 1.24 bits per heavy atom. The third kappa shape index (κ3) is 2.40. The Hall–Kier alpha value is -2.63. The van der Waals surface area contributed by atoms with Gasteiger partial charge in [-0.25, -0.2) is 4.98 Å². The topological polar surface area (TPSA) is 56.9 Å². The van der Waals surface area contributed by atoms with Crippen molar-refractivity contribution in [3.05, 3.63) is 47.5 Å². The Balaban J connectivity index is 2.21. The lowest BCUT2D eigenvalue weighted by atomic mass is 10.3. The number of hydrogen-bond acceptors (Lipinski definition) is 3. The highest BCUT2D eigenvalue weighted by molar-refractivity contribution is 5.41. The van der Waals surface area contributed by atoms with Crippen LogP contribution < -0.4 is 20.1 Å². The summed E-state index contributed by atoms with van der Waals surface area (Å²) in [5.74, 6) is 1.67. The lowest BCUT2D eigenvalue weighted by molar-refractivity contribution is -0.710. The number of nitrogens with zero attached hydrogens (tertiary/aromatic N) is 5. The van der Waals surface area contributed by atoms with Gasteiger partial charge in [0.25, 0.3) is 5.65 Å². The van der Waals surface area contributed by atoms with Crippen molar-refractivity contribution >= 4 is 11.3 Å². The van der Waals surface area contributed by atoms with Gasteiger partial charge in [-0.3, -0.25) is 0 Å². The van der Waals surface area contributed by atoms with E-state index >= 15 is 0 Å². The molecule has 108 valence electrons. The van der Waals surface area contributed by atoms with E-state index in [4.69, 9.17) is 4.74 Å². The molecule has 0 aliphatic carbocycles. The van der Waals surface area contributed by atoms with Crippen LogP contribution in [0.1, 0.15) is 11.5 Å². The van der Waals surface area contributed by atoms with Gasteiger partial charge in [-0.05, 0) is 36.9 Å². The van der Waals surface area contributed by atoms with Crippen LogP contribution in [0.25, 0.3) is 5.65 Å². The summed E-state index contributed by atoms with van der Waals surface area (Å²) in [6, 6.07) is 9.55. The Kier molecular flexibility index (Phi) is 3.21. The molecule has 0 unspecified atom stereocenters. The van der Waals surface area contributed by atoms with Gasteiger partial charge in [0.1, 0.15) is 5.75 Å². The summed E-state index contributed by atoms with van der Waals surface area (Å²) in [5, 5.41) is 4.47. The molecule has 0 saturated heterocycles. The zero-order valence-corrected chi connectivity index (χ0v) is 12.5. The van der Waals surface area contributed by atoms with Crippen molar-refractivity contribution in [2.45, 2.75) is 13.8 Å². The van der Waals surface area contributed by atoms with Gasteiger partial charge in [-0.2, -0.15) is 14.2 Å². The van der Waals surface area contributed by atoms with E-state index in [0.717, 1.165) is 28.6 Å². The molecule has 2 heterocycles. The fraction of sp³-hybridized carbons (Fsp3) is 0.267. The van der Waals surface area contributed by atoms with Gasteiger partial charge >= 0.3 is 0 Å². The van der Waals surface area contributed by atoms with Gasteiger partial charge in [0.2, 0.25) is 5.62 Å². The maximum Gasteiger partial charge on any atom is 0.298 e. The third-order valence-electron chi connectivity index (χ3n) is 3.30. The third-order valence-corrected chi connectivity index (χ3v) is 3.30. The van der Waals surface area contributed by atoms with Crippen molar-refractivity contribution in [2.75, 3.05) is 7.11 Å². The highest BCUT2D eigenvalue weighted by Crippen LogP contribution is 2.16. The van der Waals surface area contributed by atoms with Crippen molar-refractivity contribution in [1.29, 1.82) is 0 Å². The van der Waals surface area contributed by atoms with E-state index < -0.39 is 0 Å². The summed E-state index contributed by atoms with van der Waals surface area (Å²) in [7, 11) is 3.55. The van der Waals surface area contributed by atoms with Crippen molar-refractivity contribution in [3.8, 4) is 5.75 Å². The number of aromatic nitrogens is 4. The van der Waals surface area contributed by atoms with Crippen molar-refractivity contribution < 1.29 is 9.42 Å². The number of ether oxygens (including phenoxy) is 1. The quantitative estimate of drug-likeness (QED) is 0.659. The van der Waals surface area contributed by atoms with Crippen LogP contribution in [0.5, 0.6) is 5.75 Å². The van der Waals surface area contributed by atoms with Crippen LogP contribution in [0.15, 0.2) is 35.3 Å². The van der Waals surface area contributed by atoms with E-state index in [0.29, 0.717) is 5.62 Å². The summed E-state index contributed by atoms with van der Waals surface area (Å²) in [6.07, 6.45) is 0. The van der Waals surface area contributed by atoms with E-state index in [1.165, 1.54) is 0 Å². The number of fused-ring (bicyclic) bond motifs is 1. The van der Waals surface area contributed by atoms with Crippen molar-refractivity contribution in [1.82, 2.24) is 14.5 Å². The standard InChI is InChI=1S/C15H17N5O/c1-10-9-14-19(3)18-15(20(14)11(2)16-10)17-12-5-7-13(21-4)8-6-12/h5-9H,1-4H3. The molecule has 0 radical (unpaired) electrons. The second kappa shape index (κ2) is 5.05. The summed E-state index contributed by atoms with van der Waals surface area (Å²) >= 11 is 0. The predicted octanol–water partition coefficient (Wildman–Crippen LogP) is 0.974. The molecule has 6 heteroatoms. The summed E-state index contributed by atoms with van der Waals surface area (Å²) in [6.45, 7) is 3.93. The Labute approximate surface area is 122 Å². The molecule has 21 heavy (non-hydrogen) atoms. The first-order valence-corrected chi connectivity index (χ1v) is 6.67. The Bertz CT molecular complexity index is 858. The average molecular weight is 283 g/mol. The van der Waals surface area contributed by atoms with Crippen LogP contribution in [0, 0.1) is 13.8 Å². The maximum atomic E-state index is 5.15. The lowest BCUT2D eigenvalue weighted by Gasteiger charge is -2.00. The van der Waals surface area contributed by atoms with Crippen LogP contribution in [0.4, 0.5) is 5.69 Å². The first kappa shape index (κ1) is 13.4. The molecule has 2 aromatic heterocycles. The summed E-state index contributed by atoms with van der Waals surface area (Å²) in [5.41, 5.74) is 3.37. The van der Waals surface area contributed by atoms with Crippen molar-refractivity contribution in [3.63, 3.8) is 0 Å². The van der Waals surface area contributed by atoms with E-state index in [-0.39, 0.29) is 0 Å². The van der Waals surface area contributed by atoms with Gasteiger partial charge < -0.3 is 9.73 Å². The molecule has 0 spiro atoms. The molecule has 0 bridgehead atoms. The minimum atomic E-state index is 0.614. The molecule has 0 amide bonds.